The van der Waals surface area contributed by atoms with Crippen LogP contribution in [0.25, 0.3) is 0 Å². The summed E-state index contributed by atoms with van der Waals surface area (Å²) in [5.41, 5.74) is 2.27. The zero-order valence-corrected chi connectivity index (χ0v) is 11.4. The third-order valence-corrected chi connectivity index (χ3v) is 4.14. The van der Waals surface area contributed by atoms with Crippen molar-refractivity contribution in [3.05, 3.63) is 35.4 Å². The molecule has 1 aromatic carbocycles. The fourth-order valence-corrected chi connectivity index (χ4v) is 2.85. The maximum atomic E-state index is 12.1. The molecule has 0 heterocycles. The maximum Gasteiger partial charge on any atom is 0.227 e. The van der Waals surface area contributed by atoms with Crippen LogP contribution in [0.4, 0.5) is 0 Å². The second-order valence-electron chi connectivity index (χ2n) is 4.80. The molecule has 1 aliphatic rings. The van der Waals surface area contributed by atoms with Gasteiger partial charge in [0.25, 0.3) is 0 Å². The van der Waals surface area contributed by atoms with Gasteiger partial charge in [0.1, 0.15) is 0 Å². The van der Waals surface area contributed by atoms with Gasteiger partial charge < -0.3 is 5.32 Å². The predicted molar refractivity (Wildman–Crippen MR) is 73.1 cm³/mol. The molecule has 0 radical (unpaired) electrons. The number of primary sulfonamides is 1. The van der Waals surface area contributed by atoms with E-state index in [-0.39, 0.29) is 24.1 Å². The lowest BCUT2D eigenvalue weighted by molar-refractivity contribution is -0.122. The molecule has 1 atom stereocenters. The van der Waals surface area contributed by atoms with E-state index in [1.165, 1.54) is 5.56 Å². The molecule has 1 aliphatic carbocycles. The highest BCUT2D eigenvalue weighted by Crippen LogP contribution is 2.31. The Morgan fingerprint density at radius 3 is 2.84 bits per heavy atom. The number of hydrogen-bond acceptors (Lipinski definition) is 3. The maximum absolute atomic E-state index is 12.1. The van der Waals surface area contributed by atoms with E-state index in [0.29, 0.717) is 0 Å². The molecule has 1 amide bonds. The smallest absolute Gasteiger partial charge is 0.227 e. The number of nitrogens with two attached hydrogens (primary N) is 1. The fraction of sp³-hybridized carbons (Fsp3) is 0.462. The molecule has 104 valence electrons. The van der Waals surface area contributed by atoms with Crippen molar-refractivity contribution in [2.75, 3.05) is 12.3 Å². The highest BCUT2D eigenvalue weighted by Gasteiger charge is 2.25. The molecule has 19 heavy (non-hydrogen) atoms. The van der Waals surface area contributed by atoms with Crippen molar-refractivity contribution in [1.29, 1.82) is 0 Å². The molecule has 5 nitrogen and oxygen atoms in total. The van der Waals surface area contributed by atoms with E-state index in [1.807, 2.05) is 24.3 Å². The van der Waals surface area contributed by atoms with E-state index in [4.69, 9.17) is 5.14 Å². The zero-order chi connectivity index (χ0) is 13.9. The number of rotatable bonds is 4. The van der Waals surface area contributed by atoms with Crippen molar-refractivity contribution in [3.8, 4) is 0 Å². The van der Waals surface area contributed by atoms with E-state index in [9.17, 15) is 13.2 Å². The average Bonchev–Trinajstić information content (AvgIpc) is 2.36. The average molecular weight is 282 g/mol. The zero-order valence-electron chi connectivity index (χ0n) is 10.6. The van der Waals surface area contributed by atoms with Crippen LogP contribution in [0, 0.1) is 0 Å². The van der Waals surface area contributed by atoms with Gasteiger partial charge in [-0.2, -0.15) is 0 Å². The highest BCUT2D eigenvalue weighted by atomic mass is 32.2. The third kappa shape index (κ3) is 3.78. The van der Waals surface area contributed by atoms with Crippen LogP contribution >= 0.6 is 0 Å². The van der Waals surface area contributed by atoms with Crippen LogP contribution in [0.15, 0.2) is 24.3 Å². The minimum absolute atomic E-state index is 0.0658. The Kier molecular flexibility index (Phi) is 4.21. The summed E-state index contributed by atoms with van der Waals surface area (Å²) in [5, 5.41) is 7.55. The number of aryl methyl sites for hydroxylation is 1. The Morgan fingerprint density at radius 1 is 1.37 bits per heavy atom. The first-order chi connectivity index (χ1) is 8.97. The molecule has 0 aromatic heterocycles. The van der Waals surface area contributed by atoms with Gasteiger partial charge >= 0.3 is 0 Å². The summed E-state index contributed by atoms with van der Waals surface area (Å²) >= 11 is 0. The molecule has 6 heteroatoms. The van der Waals surface area contributed by atoms with Gasteiger partial charge in [-0.25, -0.2) is 13.6 Å². The lowest BCUT2D eigenvalue weighted by atomic mass is 9.82. The Labute approximate surface area is 113 Å². The minimum atomic E-state index is -3.53. The topological polar surface area (TPSA) is 89.3 Å². The second-order valence-corrected chi connectivity index (χ2v) is 6.54. The summed E-state index contributed by atoms with van der Waals surface area (Å²) in [6.45, 7) is 0.0658. The fourth-order valence-electron chi connectivity index (χ4n) is 2.47. The van der Waals surface area contributed by atoms with Gasteiger partial charge in [0, 0.05) is 6.54 Å². The van der Waals surface area contributed by atoms with E-state index < -0.39 is 10.0 Å². The SMILES string of the molecule is NS(=O)(=O)CCNC(=O)C1CCCc2ccccc21. The molecule has 0 spiro atoms. The summed E-state index contributed by atoms with van der Waals surface area (Å²) in [6, 6.07) is 7.91. The Balaban J connectivity index is 2.01. The van der Waals surface area contributed by atoms with Crippen molar-refractivity contribution in [1.82, 2.24) is 5.32 Å². The van der Waals surface area contributed by atoms with Crippen molar-refractivity contribution in [3.63, 3.8) is 0 Å². The van der Waals surface area contributed by atoms with Crippen LogP contribution in [0.1, 0.15) is 29.9 Å². The number of benzene rings is 1. The van der Waals surface area contributed by atoms with Crippen molar-refractivity contribution >= 4 is 15.9 Å². The molecule has 0 aliphatic heterocycles. The van der Waals surface area contributed by atoms with Gasteiger partial charge in [-0.3, -0.25) is 4.79 Å². The van der Waals surface area contributed by atoms with Gasteiger partial charge in [-0.15, -0.1) is 0 Å². The van der Waals surface area contributed by atoms with Crippen molar-refractivity contribution < 1.29 is 13.2 Å². The molecule has 1 unspecified atom stereocenters. The van der Waals surface area contributed by atoms with Gasteiger partial charge in [0.15, 0.2) is 0 Å². The first kappa shape index (κ1) is 14.0. The van der Waals surface area contributed by atoms with Crippen LogP contribution in [0.2, 0.25) is 0 Å². The quantitative estimate of drug-likeness (QED) is 0.843. The third-order valence-electron chi connectivity index (χ3n) is 3.37. The Hall–Kier alpha value is -1.40. The summed E-state index contributed by atoms with van der Waals surface area (Å²) in [5.74, 6) is -0.520. The summed E-state index contributed by atoms with van der Waals surface area (Å²) in [7, 11) is -3.53. The monoisotopic (exact) mass is 282 g/mol. The van der Waals surface area contributed by atoms with Crippen LogP contribution in [-0.2, 0) is 21.2 Å². The molecular formula is C13H18N2O3S. The second kappa shape index (κ2) is 5.71. The molecule has 0 saturated heterocycles. The van der Waals surface area contributed by atoms with Gasteiger partial charge in [-0.1, -0.05) is 24.3 Å². The molecule has 0 saturated carbocycles. The van der Waals surface area contributed by atoms with E-state index in [1.54, 1.807) is 0 Å². The standard InChI is InChI=1S/C13H18N2O3S/c14-19(17,18)9-8-15-13(16)12-7-3-5-10-4-1-2-6-11(10)12/h1-2,4,6,12H,3,5,7-9H2,(H,15,16)(H2,14,17,18). The predicted octanol–water partition coefficient (Wildman–Crippen LogP) is 0.511. The number of fused-ring (bicyclic) bond motifs is 1. The Bertz CT molecular complexity index is 569. The van der Waals surface area contributed by atoms with Crippen LogP contribution in [0.5, 0.6) is 0 Å². The number of carbonyl (C=O) groups is 1. The number of hydrogen-bond donors (Lipinski definition) is 2. The van der Waals surface area contributed by atoms with Crippen LogP contribution < -0.4 is 10.5 Å². The lowest BCUT2D eigenvalue weighted by Crippen LogP contribution is -2.35. The molecule has 0 fully saturated rings. The molecule has 3 N–H and O–H groups in total. The minimum Gasteiger partial charge on any atom is -0.354 e. The number of nitrogens with one attached hydrogen (secondary N) is 1. The van der Waals surface area contributed by atoms with E-state index >= 15 is 0 Å². The first-order valence-electron chi connectivity index (χ1n) is 6.33. The molecular weight excluding hydrogens is 264 g/mol. The van der Waals surface area contributed by atoms with Gasteiger partial charge in [0.2, 0.25) is 15.9 Å². The summed E-state index contributed by atoms with van der Waals surface area (Å²) in [4.78, 5) is 12.1. The molecule has 0 bridgehead atoms. The number of carbonyl (C=O) groups excluding carboxylic acids is 1. The Morgan fingerprint density at radius 2 is 2.11 bits per heavy atom. The number of amides is 1. The first-order valence-corrected chi connectivity index (χ1v) is 8.05. The lowest BCUT2D eigenvalue weighted by Gasteiger charge is -2.24. The molecule has 1 aromatic rings. The summed E-state index contributed by atoms with van der Waals surface area (Å²) in [6.07, 6.45) is 2.78. The summed E-state index contributed by atoms with van der Waals surface area (Å²) < 4.78 is 21.6. The van der Waals surface area contributed by atoms with Crippen molar-refractivity contribution in [2.45, 2.75) is 25.2 Å². The van der Waals surface area contributed by atoms with Gasteiger partial charge in [-0.05, 0) is 30.4 Å². The normalized spacial score (nSPS) is 18.7. The highest BCUT2D eigenvalue weighted by molar-refractivity contribution is 7.89. The largest absolute Gasteiger partial charge is 0.354 e. The van der Waals surface area contributed by atoms with Crippen LogP contribution in [0.3, 0.4) is 0 Å². The molecule has 2 rings (SSSR count). The van der Waals surface area contributed by atoms with Gasteiger partial charge in [0.05, 0.1) is 11.7 Å². The van der Waals surface area contributed by atoms with Crippen molar-refractivity contribution in [2.24, 2.45) is 5.14 Å². The van der Waals surface area contributed by atoms with Crippen LogP contribution in [-0.4, -0.2) is 26.6 Å². The number of sulfonamides is 1. The van der Waals surface area contributed by atoms with E-state index in [0.717, 1.165) is 24.8 Å². The van der Waals surface area contributed by atoms with E-state index in [2.05, 4.69) is 5.32 Å².